The molecule has 0 amide bonds. The highest BCUT2D eigenvalue weighted by molar-refractivity contribution is 7.99. The number of rotatable bonds is 2. The van der Waals surface area contributed by atoms with E-state index in [1.54, 1.807) is 6.07 Å². The molecule has 0 radical (unpaired) electrons. The van der Waals surface area contributed by atoms with Crippen LogP contribution < -0.4 is 5.32 Å². The van der Waals surface area contributed by atoms with Crippen molar-refractivity contribution in [2.24, 2.45) is 0 Å². The lowest BCUT2D eigenvalue weighted by Crippen LogP contribution is -2.24. The second-order valence-corrected chi connectivity index (χ2v) is 5.13. The number of hydrogen-bond donors (Lipinski definition) is 1. The van der Waals surface area contributed by atoms with Crippen molar-refractivity contribution in [2.75, 3.05) is 5.75 Å². The molecule has 1 heterocycles. The molecular weight excluding hydrogens is 209 g/mol. The van der Waals surface area contributed by atoms with Crippen LogP contribution in [0.1, 0.15) is 29.8 Å². The molecule has 2 rings (SSSR count). The number of thioether (sulfide) groups is 1. The summed E-state index contributed by atoms with van der Waals surface area (Å²) in [5.41, 5.74) is 1.92. The minimum absolute atomic E-state index is 0.117. The molecule has 1 aliphatic heterocycles. The van der Waals surface area contributed by atoms with Gasteiger partial charge in [-0.2, -0.15) is 0 Å². The summed E-state index contributed by atoms with van der Waals surface area (Å²) < 4.78 is 13.1. The maximum absolute atomic E-state index is 13.1. The Balaban J connectivity index is 2.13. The van der Waals surface area contributed by atoms with Gasteiger partial charge in [0.05, 0.1) is 5.37 Å². The van der Waals surface area contributed by atoms with Crippen molar-refractivity contribution in [3.8, 4) is 0 Å². The topological polar surface area (TPSA) is 12.0 Å². The Morgan fingerprint density at radius 2 is 2.33 bits per heavy atom. The van der Waals surface area contributed by atoms with Gasteiger partial charge in [0.1, 0.15) is 5.82 Å². The second-order valence-electron chi connectivity index (χ2n) is 3.99. The predicted molar refractivity (Wildman–Crippen MR) is 63.6 cm³/mol. The summed E-state index contributed by atoms with van der Waals surface area (Å²) >= 11 is 1.91. The molecule has 1 saturated heterocycles. The van der Waals surface area contributed by atoms with Crippen LogP contribution in [0.5, 0.6) is 0 Å². The zero-order valence-corrected chi connectivity index (χ0v) is 9.90. The van der Waals surface area contributed by atoms with Crippen LogP contribution in [-0.4, -0.2) is 11.8 Å². The molecule has 1 aromatic rings. The molecule has 2 unspecified atom stereocenters. The first-order valence-corrected chi connectivity index (χ1v) is 6.39. The molecule has 3 heteroatoms. The zero-order valence-electron chi connectivity index (χ0n) is 9.09. The van der Waals surface area contributed by atoms with Crippen molar-refractivity contribution in [2.45, 2.75) is 31.7 Å². The summed E-state index contributed by atoms with van der Waals surface area (Å²) in [6.45, 7) is 4.01. The van der Waals surface area contributed by atoms with Crippen molar-refractivity contribution in [3.63, 3.8) is 0 Å². The third-order valence-corrected chi connectivity index (χ3v) is 4.17. The molecule has 1 aliphatic rings. The quantitative estimate of drug-likeness (QED) is 0.829. The Morgan fingerprint density at radius 1 is 1.53 bits per heavy atom. The molecule has 0 spiro atoms. The lowest BCUT2D eigenvalue weighted by atomic mass is 10.1. The van der Waals surface area contributed by atoms with Crippen molar-refractivity contribution in [3.05, 3.63) is 35.1 Å². The van der Waals surface area contributed by atoms with Crippen LogP contribution in [-0.2, 0) is 0 Å². The van der Waals surface area contributed by atoms with Gasteiger partial charge in [-0.1, -0.05) is 19.1 Å². The maximum Gasteiger partial charge on any atom is 0.126 e. The first-order chi connectivity index (χ1) is 7.20. The molecule has 1 N–H and O–H groups in total. The van der Waals surface area contributed by atoms with Gasteiger partial charge in [0.25, 0.3) is 0 Å². The van der Waals surface area contributed by atoms with Crippen LogP contribution in [0.3, 0.4) is 0 Å². The van der Waals surface area contributed by atoms with Crippen molar-refractivity contribution in [1.29, 1.82) is 0 Å². The normalized spacial score (nSPS) is 25.8. The summed E-state index contributed by atoms with van der Waals surface area (Å²) in [7, 11) is 0. The number of halogens is 1. The number of benzene rings is 1. The van der Waals surface area contributed by atoms with E-state index in [0.717, 1.165) is 17.7 Å². The molecule has 15 heavy (non-hydrogen) atoms. The smallest absolute Gasteiger partial charge is 0.126 e. The molecule has 0 aliphatic carbocycles. The number of aryl methyl sites for hydroxylation is 1. The van der Waals surface area contributed by atoms with Gasteiger partial charge >= 0.3 is 0 Å². The summed E-state index contributed by atoms with van der Waals surface area (Å²) in [4.78, 5) is 0. The van der Waals surface area contributed by atoms with Crippen LogP contribution >= 0.6 is 11.8 Å². The van der Waals surface area contributed by atoms with E-state index in [1.165, 1.54) is 5.56 Å². The van der Waals surface area contributed by atoms with E-state index < -0.39 is 0 Å². The van der Waals surface area contributed by atoms with Crippen LogP contribution in [0, 0.1) is 12.7 Å². The zero-order chi connectivity index (χ0) is 10.8. The van der Waals surface area contributed by atoms with Gasteiger partial charge in [-0.15, -0.1) is 11.8 Å². The van der Waals surface area contributed by atoms with Crippen LogP contribution in [0.2, 0.25) is 0 Å². The van der Waals surface area contributed by atoms with Gasteiger partial charge in [0, 0.05) is 11.8 Å². The molecule has 1 aromatic carbocycles. The lowest BCUT2D eigenvalue weighted by molar-refractivity contribution is 0.559. The van der Waals surface area contributed by atoms with Crippen LogP contribution in [0.15, 0.2) is 18.2 Å². The maximum atomic E-state index is 13.1. The van der Waals surface area contributed by atoms with Crippen LogP contribution in [0.4, 0.5) is 4.39 Å². The fraction of sp³-hybridized carbons (Fsp3) is 0.500. The highest BCUT2D eigenvalue weighted by Crippen LogP contribution is 2.34. The van der Waals surface area contributed by atoms with Crippen molar-refractivity contribution < 1.29 is 4.39 Å². The minimum Gasteiger partial charge on any atom is -0.298 e. The largest absolute Gasteiger partial charge is 0.298 e. The average Bonchev–Trinajstić information content (AvgIpc) is 2.70. The molecule has 2 atom stereocenters. The Morgan fingerprint density at radius 3 is 2.93 bits per heavy atom. The Labute approximate surface area is 94.5 Å². The Hall–Kier alpha value is -0.540. The second kappa shape index (κ2) is 4.54. The van der Waals surface area contributed by atoms with E-state index in [0.29, 0.717) is 11.4 Å². The van der Waals surface area contributed by atoms with Crippen molar-refractivity contribution >= 4 is 11.8 Å². The van der Waals surface area contributed by atoms with E-state index in [4.69, 9.17) is 0 Å². The van der Waals surface area contributed by atoms with Gasteiger partial charge in [-0.3, -0.25) is 5.32 Å². The van der Waals surface area contributed by atoms with E-state index in [9.17, 15) is 4.39 Å². The first-order valence-electron chi connectivity index (χ1n) is 5.34. The van der Waals surface area contributed by atoms with E-state index in [2.05, 4.69) is 12.2 Å². The summed E-state index contributed by atoms with van der Waals surface area (Å²) in [6, 6.07) is 5.99. The molecule has 0 aromatic heterocycles. The number of hydrogen-bond acceptors (Lipinski definition) is 2. The van der Waals surface area contributed by atoms with Gasteiger partial charge < -0.3 is 0 Å². The fourth-order valence-electron chi connectivity index (χ4n) is 1.78. The lowest BCUT2D eigenvalue weighted by Gasteiger charge is -2.13. The van der Waals surface area contributed by atoms with Gasteiger partial charge in [-0.05, 0) is 30.5 Å². The SMILES string of the molecule is CCC1CSC(c2ccc(F)c(C)c2)N1. The molecule has 1 fully saturated rings. The molecule has 0 saturated carbocycles. The van der Waals surface area contributed by atoms with Crippen molar-refractivity contribution in [1.82, 2.24) is 5.32 Å². The minimum atomic E-state index is -0.117. The molecule has 0 bridgehead atoms. The highest BCUT2D eigenvalue weighted by atomic mass is 32.2. The third kappa shape index (κ3) is 2.34. The Bertz CT molecular complexity index is 353. The molecule has 82 valence electrons. The average molecular weight is 225 g/mol. The fourth-order valence-corrected chi connectivity index (χ4v) is 3.17. The Kier molecular flexibility index (Phi) is 3.32. The summed E-state index contributed by atoms with van der Waals surface area (Å²) in [6.07, 6.45) is 1.16. The number of nitrogens with one attached hydrogen (secondary N) is 1. The van der Waals surface area contributed by atoms with Gasteiger partial charge in [0.2, 0.25) is 0 Å². The van der Waals surface area contributed by atoms with E-state index in [1.807, 2.05) is 30.8 Å². The van der Waals surface area contributed by atoms with Gasteiger partial charge in [0.15, 0.2) is 0 Å². The molecular formula is C12H16FNS. The van der Waals surface area contributed by atoms with E-state index in [-0.39, 0.29) is 5.82 Å². The highest BCUT2D eigenvalue weighted by Gasteiger charge is 2.24. The van der Waals surface area contributed by atoms with Crippen LogP contribution in [0.25, 0.3) is 0 Å². The van der Waals surface area contributed by atoms with E-state index >= 15 is 0 Å². The summed E-state index contributed by atoms with van der Waals surface area (Å²) in [5.74, 6) is 1.03. The predicted octanol–water partition coefficient (Wildman–Crippen LogP) is 3.25. The third-order valence-electron chi connectivity index (χ3n) is 2.83. The van der Waals surface area contributed by atoms with Gasteiger partial charge in [-0.25, -0.2) is 4.39 Å². The standard InChI is InChI=1S/C12H16FNS/c1-3-10-7-15-12(14-10)9-4-5-11(13)8(2)6-9/h4-6,10,12,14H,3,7H2,1-2H3. The summed E-state index contributed by atoms with van der Waals surface area (Å²) in [5, 5.41) is 3.89. The first kappa shape index (κ1) is 11.0. The molecule has 1 nitrogen and oxygen atoms in total. The monoisotopic (exact) mass is 225 g/mol.